The first-order chi connectivity index (χ1) is 16.6. The Kier molecular flexibility index (Phi) is 9.36. The standard InChI is InChI=1S/C24H26ClF3N4O2S/c1-31(2)15-22(33)29-12-3-13-32-21(18-6-10-20(11-7-18)34-24(26,27)28)16-35-23(32)30-14-17-4-8-19(25)9-5-17/h4-11,16H,3,12-15H2,1-2H3,(H,29,33)/b30-23-. The van der Waals surface area contributed by atoms with Crippen LogP contribution in [0.5, 0.6) is 5.75 Å². The third kappa shape index (κ3) is 8.72. The molecule has 0 radical (unpaired) electrons. The molecule has 11 heteroatoms. The van der Waals surface area contributed by atoms with Crippen LogP contribution in [0.1, 0.15) is 12.0 Å². The van der Waals surface area contributed by atoms with Crippen LogP contribution in [-0.2, 0) is 17.9 Å². The zero-order valence-electron chi connectivity index (χ0n) is 19.3. The van der Waals surface area contributed by atoms with Crippen molar-refractivity contribution in [2.45, 2.75) is 25.9 Å². The SMILES string of the molecule is CN(C)CC(=O)NCCCn1c(-c2ccc(OC(F)(F)F)cc2)cs/c1=N\Cc1ccc(Cl)cc1. The summed E-state index contributed by atoms with van der Waals surface area (Å²) in [5, 5.41) is 5.46. The van der Waals surface area contributed by atoms with Gasteiger partial charge in [0.25, 0.3) is 0 Å². The van der Waals surface area contributed by atoms with E-state index in [0.717, 1.165) is 21.6 Å². The van der Waals surface area contributed by atoms with Crippen LogP contribution in [0.3, 0.4) is 0 Å². The first kappa shape index (κ1) is 26.8. The van der Waals surface area contributed by atoms with Crippen LogP contribution in [0.2, 0.25) is 5.02 Å². The van der Waals surface area contributed by atoms with Crippen molar-refractivity contribution in [3.05, 3.63) is 69.3 Å². The van der Waals surface area contributed by atoms with Crippen molar-refractivity contribution in [3.8, 4) is 17.0 Å². The molecule has 0 unspecified atom stereocenters. The van der Waals surface area contributed by atoms with Crippen molar-refractivity contribution in [2.24, 2.45) is 4.99 Å². The van der Waals surface area contributed by atoms with E-state index in [9.17, 15) is 18.0 Å². The highest BCUT2D eigenvalue weighted by Gasteiger charge is 2.31. The number of carbonyl (C=O) groups is 1. The van der Waals surface area contributed by atoms with E-state index >= 15 is 0 Å². The maximum atomic E-state index is 12.5. The third-order valence-corrected chi connectivity index (χ3v) is 5.99. The molecule has 2 aromatic carbocycles. The first-order valence-corrected chi connectivity index (χ1v) is 12.1. The van der Waals surface area contributed by atoms with Crippen molar-refractivity contribution in [1.82, 2.24) is 14.8 Å². The number of benzene rings is 2. The molecule has 0 aliphatic heterocycles. The molecule has 1 N–H and O–H groups in total. The molecule has 0 fully saturated rings. The van der Waals surface area contributed by atoms with Crippen molar-refractivity contribution in [3.63, 3.8) is 0 Å². The van der Waals surface area contributed by atoms with Crippen LogP contribution in [0.4, 0.5) is 13.2 Å². The summed E-state index contributed by atoms with van der Waals surface area (Å²) in [5.41, 5.74) is 2.56. The highest BCUT2D eigenvalue weighted by atomic mass is 35.5. The van der Waals surface area contributed by atoms with Crippen LogP contribution in [0.25, 0.3) is 11.3 Å². The summed E-state index contributed by atoms with van der Waals surface area (Å²) in [5.74, 6) is -0.335. The minimum Gasteiger partial charge on any atom is -0.406 e. The van der Waals surface area contributed by atoms with E-state index in [4.69, 9.17) is 16.6 Å². The fraction of sp³-hybridized carbons (Fsp3) is 0.333. The lowest BCUT2D eigenvalue weighted by Crippen LogP contribution is -2.34. The van der Waals surface area contributed by atoms with E-state index in [2.05, 4.69) is 10.1 Å². The fourth-order valence-corrected chi connectivity index (χ4v) is 4.35. The smallest absolute Gasteiger partial charge is 0.406 e. The normalized spacial score (nSPS) is 12.3. The number of alkyl halides is 3. The Labute approximate surface area is 210 Å². The molecule has 6 nitrogen and oxygen atoms in total. The number of nitrogens with zero attached hydrogens (tertiary/aromatic N) is 3. The quantitative estimate of drug-likeness (QED) is 0.381. The monoisotopic (exact) mass is 526 g/mol. The maximum Gasteiger partial charge on any atom is 0.573 e. The highest BCUT2D eigenvalue weighted by Crippen LogP contribution is 2.27. The molecule has 0 spiro atoms. The molecule has 0 saturated heterocycles. The van der Waals surface area contributed by atoms with Gasteiger partial charge < -0.3 is 19.5 Å². The van der Waals surface area contributed by atoms with Gasteiger partial charge in [0, 0.05) is 23.5 Å². The average molecular weight is 527 g/mol. The van der Waals surface area contributed by atoms with Gasteiger partial charge in [-0.05, 0) is 68.0 Å². The van der Waals surface area contributed by atoms with E-state index in [1.807, 2.05) is 36.2 Å². The lowest BCUT2D eigenvalue weighted by Gasteiger charge is -2.13. The minimum absolute atomic E-state index is 0.0570. The fourth-order valence-electron chi connectivity index (χ4n) is 3.29. The summed E-state index contributed by atoms with van der Waals surface area (Å²) in [6.45, 7) is 1.82. The molecule has 1 heterocycles. The van der Waals surface area contributed by atoms with Crippen molar-refractivity contribution in [1.29, 1.82) is 0 Å². The Morgan fingerprint density at radius 1 is 1.14 bits per heavy atom. The van der Waals surface area contributed by atoms with Gasteiger partial charge >= 0.3 is 6.36 Å². The lowest BCUT2D eigenvalue weighted by atomic mass is 10.1. The van der Waals surface area contributed by atoms with E-state index in [-0.39, 0.29) is 11.7 Å². The Hall–Kier alpha value is -2.82. The molecule has 188 valence electrons. The number of halogens is 4. The Morgan fingerprint density at radius 2 is 1.83 bits per heavy atom. The predicted octanol–water partition coefficient (Wildman–Crippen LogP) is 4.94. The van der Waals surface area contributed by atoms with Gasteiger partial charge in [0.1, 0.15) is 5.75 Å². The summed E-state index contributed by atoms with van der Waals surface area (Å²) in [6, 6.07) is 13.2. The topological polar surface area (TPSA) is 58.9 Å². The summed E-state index contributed by atoms with van der Waals surface area (Å²) < 4.78 is 43.5. The van der Waals surface area contributed by atoms with Gasteiger partial charge in [-0.1, -0.05) is 23.7 Å². The first-order valence-electron chi connectivity index (χ1n) is 10.8. The predicted molar refractivity (Wildman–Crippen MR) is 131 cm³/mol. The molecule has 0 saturated carbocycles. The number of likely N-dealkylation sites (N-methyl/N-ethyl adjacent to an activating group) is 1. The van der Waals surface area contributed by atoms with E-state index < -0.39 is 6.36 Å². The van der Waals surface area contributed by atoms with Crippen LogP contribution in [0, 0.1) is 0 Å². The molecular formula is C24H26ClF3N4O2S. The largest absolute Gasteiger partial charge is 0.573 e. The Balaban J connectivity index is 1.80. The molecule has 0 aliphatic rings. The molecule has 1 amide bonds. The molecule has 0 aliphatic carbocycles. The van der Waals surface area contributed by atoms with E-state index in [1.165, 1.54) is 23.5 Å². The zero-order chi connectivity index (χ0) is 25.4. The molecule has 0 bridgehead atoms. The van der Waals surface area contributed by atoms with E-state index in [0.29, 0.717) is 37.6 Å². The van der Waals surface area contributed by atoms with Crippen LogP contribution >= 0.6 is 22.9 Å². The van der Waals surface area contributed by atoms with Crippen molar-refractivity contribution >= 4 is 28.8 Å². The summed E-state index contributed by atoms with van der Waals surface area (Å²) in [7, 11) is 3.65. The number of ether oxygens (including phenoxy) is 1. The van der Waals surface area contributed by atoms with Gasteiger partial charge in [0.15, 0.2) is 4.80 Å². The molecular weight excluding hydrogens is 501 g/mol. The Bertz CT molecular complexity index is 1170. The summed E-state index contributed by atoms with van der Waals surface area (Å²) in [4.78, 5) is 19.2. The van der Waals surface area contributed by atoms with Crippen molar-refractivity contribution < 1.29 is 22.7 Å². The average Bonchev–Trinajstić information content (AvgIpc) is 3.18. The summed E-state index contributed by atoms with van der Waals surface area (Å²) >= 11 is 7.40. The number of hydrogen-bond acceptors (Lipinski definition) is 5. The summed E-state index contributed by atoms with van der Waals surface area (Å²) in [6.07, 6.45) is -4.08. The van der Waals surface area contributed by atoms with Gasteiger partial charge in [0.2, 0.25) is 5.91 Å². The van der Waals surface area contributed by atoms with Gasteiger partial charge in [0.05, 0.1) is 18.8 Å². The van der Waals surface area contributed by atoms with Crippen molar-refractivity contribution in [2.75, 3.05) is 27.2 Å². The maximum absolute atomic E-state index is 12.5. The molecule has 0 atom stereocenters. The molecule has 3 aromatic rings. The van der Waals surface area contributed by atoms with Gasteiger partial charge in [-0.25, -0.2) is 0 Å². The third-order valence-electron chi connectivity index (χ3n) is 4.83. The van der Waals surface area contributed by atoms with Crippen LogP contribution in [0.15, 0.2) is 58.9 Å². The second kappa shape index (κ2) is 12.2. The number of thiazole rings is 1. The molecule has 35 heavy (non-hydrogen) atoms. The lowest BCUT2D eigenvalue weighted by molar-refractivity contribution is -0.274. The van der Waals surface area contributed by atoms with Gasteiger partial charge in [-0.3, -0.25) is 9.79 Å². The van der Waals surface area contributed by atoms with Crippen LogP contribution in [-0.4, -0.2) is 48.9 Å². The molecule has 3 rings (SSSR count). The number of hydrogen-bond donors (Lipinski definition) is 1. The van der Waals surface area contributed by atoms with E-state index in [1.54, 1.807) is 29.2 Å². The van der Waals surface area contributed by atoms with Gasteiger partial charge in [-0.15, -0.1) is 24.5 Å². The highest BCUT2D eigenvalue weighted by molar-refractivity contribution is 7.07. The molecule has 1 aromatic heterocycles. The second-order valence-corrected chi connectivity index (χ2v) is 9.28. The second-order valence-electron chi connectivity index (χ2n) is 8.01. The zero-order valence-corrected chi connectivity index (χ0v) is 20.9. The number of amides is 1. The van der Waals surface area contributed by atoms with Crippen LogP contribution < -0.4 is 14.9 Å². The Morgan fingerprint density at radius 3 is 2.46 bits per heavy atom. The minimum atomic E-state index is -4.74. The van der Waals surface area contributed by atoms with Gasteiger partial charge in [-0.2, -0.15) is 0 Å². The number of aromatic nitrogens is 1. The number of nitrogens with one attached hydrogen (secondary N) is 1. The number of carbonyl (C=O) groups excluding carboxylic acids is 1. The number of rotatable bonds is 10.